The first-order chi connectivity index (χ1) is 9.43. The molecule has 1 heterocycles. The van der Waals surface area contributed by atoms with Gasteiger partial charge in [-0.15, -0.1) is 0 Å². The molecule has 0 atom stereocenters. The minimum atomic E-state index is -1.11. The van der Waals surface area contributed by atoms with Gasteiger partial charge in [-0.2, -0.15) is 10.4 Å². The Morgan fingerprint density at radius 2 is 2.25 bits per heavy atom. The summed E-state index contributed by atoms with van der Waals surface area (Å²) in [6.45, 7) is 1.54. The van der Waals surface area contributed by atoms with Crippen molar-refractivity contribution in [2.45, 2.75) is 6.92 Å². The van der Waals surface area contributed by atoms with Crippen LogP contribution in [0.2, 0.25) is 0 Å². The fraction of sp³-hybridized carbons (Fsp3) is 0.0833. The molecule has 0 spiro atoms. The highest BCUT2D eigenvalue weighted by atomic mass is 16.6. The molecule has 8 heteroatoms. The molecular formula is C12H8N4O4. The lowest BCUT2D eigenvalue weighted by atomic mass is 10.2. The van der Waals surface area contributed by atoms with Gasteiger partial charge in [-0.3, -0.25) is 10.1 Å². The van der Waals surface area contributed by atoms with Gasteiger partial charge in [0, 0.05) is 12.3 Å². The number of carbonyl (C=O) groups is 1. The molecule has 1 aromatic carbocycles. The Hall–Kier alpha value is -3.21. The SMILES string of the molecule is Cc1nn(-c2ccc([N+](=O)[O-])c(C#N)c2)cc1C(=O)O. The van der Waals surface area contributed by atoms with Gasteiger partial charge >= 0.3 is 5.97 Å². The fourth-order valence-corrected chi connectivity index (χ4v) is 1.72. The Balaban J connectivity index is 2.54. The van der Waals surface area contributed by atoms with Crippen LogP contribution < -0.4 is 0 Å². The molecule has 0 unspecified atom stereocenters. The number of carboxylic acids is 1. The number of hydrogen-bond donors (Lipinski definition) is 1. The molecule has 0 amide bonds. The number of aryl methyl sites for hydroxylation is 1. The average molecular weight is 272 g/mol. The van der Waals surface area contributed by atoms with Crippen molar-refractivity contribution in [2.24, 2.45) is 0 Å². The normalized spacial score (nSPS) is 10.0. The summed E-state index contributed by atoms with van der Waals surface area (Å²) in [4.78, 5) is 21.0. The predicted molar refractivity (Wildman–Crippen MR) is 66.6 cm³/mol. The summed E-state index contributed by atoms with van der Waals surface area (Å²) in [5.74, 6) is -1.11. The van der Waals surface area contributed by atoms with E-state index in [0.717, 1.165) is 0 Å². The highest BCUT2D eigenvalue weighted by molar-refractivity contribution is 5.88. The third-order valence-electron chi connectivity index (χ3n) is 2.69. The van der Waals surface area contributed by atoms with Crippen LogP contribution in [0.1, 0.15) is 21.6 Å². The lowest BCUT2D eigenvalue weighted by Gasteiger charge is -2.01. The van der Waals surface area contributed by atoms with Crippen LogP contribution in [-0.2, 0) is 0 Å². The highest BCUT2D eigenvalue weighted by Gasteiger charge is 2.17. The number of rotatable bonds is 3. The van der Waals surface area contributed by atoms with Gasteiger partial charge < -0.3 is 5.11 Å². The van der Waals surface area contributed by atoms with Crippen LogP contribution in [0.5, 0.6) is 0 Å². The molecule has 1 N–H and O–H groups in total. The van der Waals surface area contributed by atoms with Gasteiger partial charge in [0.25, 0.3) is 5.69 Å². The number of nitriles is 1. The van der Waals surface area contributed by atoms with Crippen LogP contribution in [0.3, 0.4) is 0 Å². The largest absolute Gasteiger partial charge is 0.478 e. The molecule has 8 nitrogen and oxygen atoms in total. The molecule has 2 aromatic rings. The number of carboxylic acid groups (broad SMARTS) is 1. The molecule has 0 radical (unpaired) electrons. The Morgan fingerprint density at radius 1 is 1.55 bits per heavy atom. The molecule has 0 aliphatic rings. The number of aromatic carboxylic acids is 1. The first kappa shape index (κ1) is 13.2. The van der Waals surface area contributed by atoms with Gasteiger partial charge in [-0.05, 0) is 19.1 Å². The summed E-state index contributed by atoms with van der Waals surface area (Å²) in [7, 11) is 0. The van der Waals surface area contributed by atoms with Crippen LogP contribution in [0.4, 0.5) is 5.69 Å². The number of nitrogens with zero attached hydrogens (tertiary/aromatic N) is 4. The Labute approximate surface area is 112 Å². The lowest BCUT2D eigenvalue weighted by molar-refractivity contribution is -0.385. The maximum Gasteiger partial charge on any atom is 0.339 e. The van der Waals surface area contributed by atoms with E-state index in [1.54, 1.807) is 6.07 Å². The molecule has 0 saturated heterocycles. The van der Waals surface area contributed by atoms with E-state index in [2.05, 4.69) is 5.10 Å². The first-order valence-corrected chi connectivity index (χ1v) is 5.42. The summed E-state index contributed by atoms with van der Waals surface area (Å²) in [6, 6.07) is 5.61. The van der Waals surface area contributed by atoms with Gasteiger partial charge in [0.2, 0.25) is 0 Å². The molecule has 2 rings (SSSR count). The van der Waals surface area contributed by atoms with Crippen LogP contribution in [0.25, 0.3) is 5.69 Å². The molecule has 0 aliphatic carbocycles. The molecular weight excluding hydrogens is 264 g/mol. The quantitative estimate of drug-likeness (QED) is 0.669. The second kappa shape index (κ2) is 4.81. The van der Waals surface area contributed by atoms with E-state index in [4.69, 9.17) is 10.4 Å². The zero-order chi connectivity index (χ0) is 14.9. The minimum absolute atomic E-state index is 0.0295. The van der Waals surface area contributed by atoms with Gasteiger partial charge in [0.05, 0.1) is 16.3 Å². The Kier molecular flexibility index (Phi) is 3.18. The molecule has 0 aliphatic heterocycles. The second-order valence-electron chi connectivity index (χ2n) is 3.95. The van der Waals surface area contributed by atoms with Crippen molar-refractivity contribution in [2.75, 3.05) is 0 Å². The van der Waals surface area contributed by atoms with E-state index in [1.807, 2.05) is 0 Å². The summed E-state index contributed by atoms with van der Waals surface area (Å²) >= 11 is 0. The van der Waals surface area contributed by atoms with Gasteiger partial charge in [-0.1, -0.05) is 0 Å². The van der Waals surface area contributed by atoms with Gasteiger partial charge in [0.1, 0.15) is 17.2 Å². The summed E-state index contributed by atoms with van der Waals surface area (Å²) in [5.41, 5.74) is 0.301. The molecule has 0 saturated carbocycles. The van der Waals surface area contributed by atoms with E-state index in [9.17, 15) is 14.9 Å². The van der Waals surface area contributed by atoms with E-state index in [1.165, 1.54) is 36.0 Å². The van der Waals surface area contributed by atoms with Crippen LogP contribution in [0, 0.1) is 28.4 Å². The molecule has 20 heavy (non-hydrogen) atoms. The second-order valence-corrected chi connectivity index (χ2v) is 3.95. The van der Waals surface area contributed by atoms with Crippen LogP contribution in [0.15, 0.2) is 24.4 Å². The Morgan fingerprint density at radius 3 is 2.75 bits per heavy atom. The zero-order valence-corrected chi connectivity index (χ0v) is 10.3. The third kappa shape index (κ3) is 2.20. The topological polar surface area (TPSA) is 122 Å². The van der Waals surface area contributed by atoms with Crippen molar-refractivity contribution in [3.05, 3.63) is 51.3 Å². The maximum absolute atomic E-state index is 10.9. The molecule has 1 aromatic heterocycles. The number of benzene rings is 1. The van der Waals surface area contributed by atoms with Crippen molar-refractivity contribution in [1.82, 2.24) is 9.78 Å². The van der Waals surface area contributed by atoms with Crippen molar-refractivity contribution >= 4 is 11.7 Å². The number of nitro benzene ring substituents is 1. The van der Waals surface area contributed by atoms with E-state index < -0.39 is 10.9 Å². The molecule has 0 fully saturated rings. The molecule has 100 valence electrons. The standard InChI is InChI=1S/C12H8N4O4/c1-7-10(12(17)18)6-15(14-7)9-2-3-11(16(19)20)8(4-9)5-13/h2-4,6H,1H3,(H,17,18). The zero-order valence-electron chi connectivity index (χ0n) is 10.3. The minimum Gasteiger partial charge on any atom is -0.478 e. The van der Waals surface area contributed by atoms with E-state index >= 15 is 0 Å². The number of hydrogen-bond acceptors (Lipinski definition) is 5. The van der Waals surface area contributed by atoms with Gasteiger partial charge in [-0.25, -0.2) is 9.48 Å². The monoisotopic (exact) mass is 272 g/mol. The Bertz CT molecular complexity index is 757. The van der Waals surface area contributed by atoms with Crippen LogP contribution >= 0.6 is 0 Å². The van der Waals surface area contributed by atoms with Crippen molar-refractivity contribution < 1.29 is 14.8 Å². The van der Waals surface area contributed by atoms with E-state index in [0.29, 0.717) is 11.4 Å². The third-order valence-corrected chi connectivity index (χ3v) is 2.69. The number of nitro groups is 1. The highest BCUT2D eigenvalue weighted by Crippen LogP contribution is 2.21. The lowest BCUT2D eigenvalue weighted by Crippen LogP contribution is -1.98. The van der Waals surface area contributed by atoms with Gasteiger partial charge in [0.15, 0.2) is 0 Å². The van der Waals surface area contributed by atoms with Crippen molar-refractivity contribution in [3.8, 4) is 11.8 Å². The average Bonchev–Trinajstić information content (AvgIpc) is 2.80. The number of aromatic nitrogens is 2. The summed E-state index contributed by atoms with van der Waals surface area (Å²) in [6.07, 6.45) is 1.29. The first-order valence-electron chi connectivity index (χ1n) is 5.42. The predicted octanol–water partition coefficient (Wildman–Crippen LogP) is 1.66. The van der Waals surface area contributed by atoms with Crippen molar-refractivity contribution in [3.63, 3.8) is 0 Å². The van der Waals surface area contributed by atoms with E-state index in [-0.39, 0.29) is 16.8 Å². The summed E-state index contributed by atoms with van der Waals surface area (Å²) in [5, 5.41) is 32.6. The molecule has 0 bridgehead atoms. The fourth-order valence-electron chi connectivity index (χ4n) is 1.72. The van der Waals surface area contributed by atoms with Crippen molar-refractivity contribution in [1.29, 1.82) is 5.26 Å². The van der Waals surface area contributed by atoms with Crippen LogP contribution in [-0.4, -0.2) is 25.8 Å². The summed E-state index contributed by atoms with van der Waals surface area (Å²) < 4.78 is 1.27. The maximum atomic E-state index is 10.9. The smallest absolute Gasteiger partial charge is 0.339 e.